The van der Waals surface area contributed by atoms with E-state index in [1.807, 2.05) is 0 Å². The fraction of sp³-hybridized carbons (Fsp3) is 0.294. The Hall–Kier alpha value is -3.24. The number of carbonyl (C=O) groups excluding carboxylic acids is 2. The van der Waals surface area contributed by atoms with Gasteiger partial charge >= 0.3 is 6.18 Å². The van der Waals surface area contributed by atoms with Crippen LogP contribution in [-0.4, -0.2) is 33.2 Å². The van der Waals surface area contributed by atoms with Crippen molar-refractivity contribution < 1.29 is 27.2 Å². The number of nitrogens with zero attached hydrogens (tertiary/aromatic N) is 2. The molecule has 0 saturated heterocycles. The molecule has 0 atom stereocenters. The largest absolute Gasteiger partial charge is 0.433 e. The third-order valence-corrected chi connectivity index (χ3v) is 3.87. The average Bonchev–Trinajstić information content (AvgIpc) is 2.58. The van der Waals surface area contributed by atoms with Crippen LogP contribution in [-0.2, 0) is 22.2 Å². The molecule has 7 nitrogen and oxygen atoms in total. The van der Waals surface area contributed by atoms with Crippen LogP contribution in [0.5, 0.6) is 0 Å². The molecule has 0 fully saturated rings. The van der Waals surface area contributed by atoms with Gasteiger partial charge in [0.1, 0.15) is 23.9 Å². The highest BCUT2D eigenvalue weighted by molar-refractivity contribution is 5.90. The van der Waals surface area contributed by atoms with Gasteiger partial charge in [0, 0.05) is 12.0 Å². The van der Waals surface area contributed by atoms with Crippen molar-refractivity contribution >= 4 is 11.8 Å². The van der Waals surface area contributed by atoms with Crippen LogP contribution >= 0.6 is 0 Å². The minimum atomic E-state index is -4.88. The molecule has 11 heteroatoms. The summed E-state index contributed by atoms with van der Waals surface area (Å²) in [6.07, 6.45) is -4.90. The summed E-state index contributed by atoms with van der Waals surface area (Å²) in [6.45, 7) is 7.21. The Morgan fingerprint density at radius 1 is 1.36 bits per heavy atom. The highest BCUT2D eigenvalue weighted by atomic mass is 19.4. The molecule has 1 aromatic rings. The van der Waals surface area contributed by atoms with E-state index in [-0.39, 0.29) is 17.2 Å². The van der Waals surface area contributed by atoms with Gasteiger partial charge in [-0.05, 0) is 19.4 Å². The van der Waals surface area contributed by atoms with Gasteiger partial charge in [0.05, 0.1) is 5.70 Å². The Labute approximate surface area is 156 Å². The van der Waals surface area contributed by atoms with Crippen molar-refractivity contribution in [3.8, 4) is 0 Å². The summed E-state index contributed by atoms with van der Waals surface area (Å²) in [4.78, 5) is 42.5. The summed E-state index contributed by atoms with van der Waals surface area (Å²) >= 11 is 0. The zero-order valence-corrected chi connectivity index (χ0v) is 14.7. The second-order valence-electron chi connectivity index (χ2n) is 5.87. The van der Waals surface area contributed by atoms with E-state index in [1.54, 1.807) is 0 Å². The molecule has 2 rings (SSSR count). The van der Waals surface area contributed by atoms with Crippen LogP contribution in [0.25, 0.3) is 0 Å². The van der Waals surface area contributed by atoms with Crippen LogP contribution in [0.3, 0.4) is 0 Å². The molecule has 2 N–H and O–H groups in total. The van der Waals surface area contributed by atoms with E-state index in [0.29, 0.717) is 0 Å². The van der Waals surface area contributed by atoms with Gasteiger partial charge in [-0.2, -0.15) is 13.2 Å². The number of rotatable bonds is 5. The van der Waals surface area contributed by atoms with Crippen molar-refractivity contribution in [3.05, 3.63) is 63.9 Å². The molecule has 2 amide bonds. The maximum atomic E-state index is 13.5. The molecular weight excluding hydrogens is 384 g/mol. The molecule has 0 bridgehead atoms. The lowest BCUT2D eigenvalue weighted by atomic mass is 10.1. The van der Waals surface area contributed by atoms with Crippen molar-refractivity contribution in [1.82, 2.24) is 20.2 Å². The molecule has 0 unspecified atom stereocenters. The number of aromatic nitrogens is 2. The van der Waals surface area contributed by atoms with Crippen molar-refractivity contribution in [2.75, 3.05) is 6.54 Å². The number of alkyl halides is 3. The number of halogens is 4. The molecule has 2 heterocycles. The van der Waals surface area contributed by atoms with E-state index in [1.165, 1.54) is 6.92 Å². The van der Waals surface area contributed by atoms with Crippen molar-refractivity contribution in [2.45, 2.75) is 25.9 Å². The van der Waals surface area contributed by atoms with Gasteiger partial charge in [-0.3, -0.25) is 14.4 Å². The summed E-state index contributed by atoms with van der Waals surface area (Å²) < 4.78 is 53.0. The zero-order chi connectivity index (χ0) is 21.2. The summed E-state index contributed by atoms with van der Waals surface area (Å²) in [6, 6.07) is 0. The Kier molecular flexibility index (Phi) is 5.86. The van der Waals surface area contributed by atoms with Gasteiger partial charge in [0.15, 0.2) is 5.69 Å². The quantitative estimate of drug-likeness (QED) is 0.738. The van der Waals surface area contributed by atoms with Gasteiger partial charge in [-0.15, -0.1) is 0 Å². The van der Waals surface area contributed by atoms with Crippen LogP contribution in [0.1, 0.15) is 23.5 Å². The van der Waals surface area contributed by atoms with Crippen LogP contribution in [0, 0.1) is 6.92 Å². The summed E-state index contributed by atoms with van der Waals surface area (Å²) in [5.41, 5.74) is -3.53. The first-order valence-corrected chi connectivity index (χ1v) is 7.94. The Bertz CT molecular complexity index is 947. The number of allylic oxidation sites excluding steroid dienone is 2. The normalized spacial score (nSPS) is 14.8. The molecule has 0 spiro atoms. The lowest BCUT2D eigenvalue weighted by Gasteiger charge is -2.30. The number of aromatic amines is 1. The molecule has 28 heavy (non-hydrogen) atoms. The summed E-state index contributed by atoms with van der Waals surface area (Å²) in [7, 11) is 0. The molecule has 0 aromatic carbocycles. The lowest BCUT2D eigenvalue weighted by Crippen LogP contribution is -2.46. The third kappa shape index (κ3) is 4.35. The van der Waals surface area contributed by atoms with E-state index in [0.717, 1.165) is 11.0 Å². The fourth-order valence-electron chi connectivity index (χ4n) is 2.69. The third-order valence-electron chi connectivity index (χ3n) is 3.87. The maximum Gasteiger partial charge on any atom is 0.433 e. The molecule has 0 saturated carbocycles. The number of hydrogen-bond donors (Lipinski definition) is 2. The average molecular weight is 400 g/mol. The van der Waals surface area contributed by atoms with Gasteiger partial charge in [-0.25, -0.2) is 9.37 Å². The van der Waals surface area contributed by atoms with E-state index in [2.05, 4.69) is 28.4 Å². The second kappa shape index (κ2) is 7.79. The highest BCUT2D eigenvalue weighted by Crippen LogP contribution is 2.30. The molecule has 1 aliphatic rings. The molecule has 150 valence electrons. The van der Waals surface area contributed by atoms with Gasteiger partial charge in [0.2, 0.25) is 11.8 Å². The number of H-pyrrole nitrogens is 1. The predicted molar refractivity (Wildman–Crippen MR) is 90.2 cm³/mol. The first-order chi connectivity index (χ1) is 13.0. The minimum Gasteiger partial charge on any atom is -0.320 e. The first kappa shape index (κ1) is 21.1. The second-order valence-corrected chi connectivity index (χ2v) is 5.87. The zero-order valence-electron chi connectivity index (χ0n) is 14.7. The van der Waals surface area contributed by atoms with E-state index >= 15 is 0 Å². The van der Waals surface area contributed by atoms with E-state index < -0.39 is 60.0 Å². The van der Waals surface area contributed by atoms with Crippen LogP contribution in [0.15, 0.2) is 41.2 Å². The topological polar surface area (TPSA) is 95.2 Å². The first-order valence-electron chi connectivity index (χ1n) is 7.94. The van der Waals surface area contributed by atoms with E-state index in [4.69, 9.17) is 0 Å². The fourth-order valence-corrected chi connectivity index (χ4v) is 2.69. The van der Waals surface area contributed by atoms with Gasteiger partial charge < -0.3 is 15.2 Å². The number of amides is 2. The Morgan fingerprint density at radius 2 is 2.00 bits per heavy atom. The molecule has 1 aliphatic heterocycles. The van der Waals surface area contributed by atoms with Gasteiger partial charge in [-0.1, -0.05) is 13.2 Å². The predicted octanol–water partition coefficient (Wildman–Crippen LogP) is 1.87. The summed E-state index contributed by atoms with van der Waals surface area (Å²) in [5.74, 6) is -2.74. The molecule has 0 radical (unpaired) electrons. The monoisotopic (exact) mass is 400 g/mol. The number of nitrogens with one attached hydrogen (secondary N) is 2. The Balaban J connectivity index is 2.33. The number of hydrogen-bond acceptors (Lipinski definition) is 4. The smallest absolute Gasteiger partial charge is 0.320 e. The van der Waals surface area contributed by atoms with Crippen molar-refractivity contribution in [2.24, 2.45) is 0 Å². The van der Waals surface area contributed by atoms with Crippen molar-refractivity contribution in [3.63, 3.8) is 0 Å². The SMILES string of the molecule is C=CC1=C(C(=C)F)NC(=O)CN1C(=O)CCc1c(C(F)(F)F)nc(C)[nH]c1=O. The number of carbonyl (C=O) groups is 2. The number of aryl methyl sites for hydroxylation is 1. The standard InChI is InChI=1S/C17H16F4N4O3/c1-4-11-14(8(2)18)24-12(26)7-25(11)13(27)6-5-10-15(17(19,20)21)22-9(3)23-16(10)28/h4H,1-2,5-7H2,3H3,(H,24,26)(H,22,23,28). The molecule has 1 aromatic heterocycles. The lowest BCUT2D eigenvalue weighted by molar-refractivity contribution is -0.142. The maximum absolute atomic E-state index is 13.5. The minimum absolute atomic E-state index is 0.0796. The van der Waals surface area contributed by atoms with E-state index in [9.17, 15) is 31.9 Å². The summed E-state index contributed by atoms with van der Waals surface area (Å²) in [5, 5.41) is 2.21. The van der Waals surface area contributed by atoms with Crippen LogP contribution < -0.4 is 10.9 Å². The van der Waals surface area contributed by atoms with Crippen molar-refractivity contribution in [1.29, 1.82) is 0 Å². The molecule has 0 aliphatic carbocycles. The Morgan fingerprint density at radius 3 is 2.54 bits per heavy atom. The highest BCUT2D eigenvalue weighted by Gasteiger charge is 2.37. The van der Waals surface area contributed by atoms with Gasteiger partial charge in [0.25, 0.3) is 5.56 Å². The van der Waals surface area contributed by atoms with Crippen LogP contribution in [0.4, 0.5) is 17.6 Å². The molecular formula is C17H16F4N4O3. The van der Waals surface area contributed by atoms with Crippen LogP contribution in [0.2, 0.25) is 0 Å².